The molecule has 5 heteroatoms. The number of methoxy groups -OCH3 is 1. The third-order valence-corrected chi connectivity index (χ3v) is 1.37. The predicted molar refractivity (Wildman–Crippen MR) is 39.3 cm³/mol. The second-order valence-electron chi connectivity index (χ2n) is 2.09. The van der Waals surface area contributed by atoms with Crippen LogP contribution in [0.5, 0.6) is 0 Å². The van der Waals surface area contributed by atoms with Crippen molar-refractivity contribution in [2.75, 3.05) is 19.5 Å². The summed E-state index contributed by atoms with van der Waals surface area (Å²) >= 11 is 0. The summed E-state index contributed by atoms with van der Waals surface area (Å²) in [7, 11) is 3.31. The minimum absolute atomic E-state index is 0.124. The Morgan fingerprint density at radius 1 is 1.64 bits per heavy atom. The molecule has 5 nitrogen and oxygen atoms in total. The van der Waals surface area contributed by atoms with Gasteiger partial charge >= 0.3 is 6.01 Å². The Hall–Kier alpha value is -1.10. The van der Waals surface area contributed by atoms with Gasteiger partial charge in [0.15, 0.2) is 0 Å². The standard InChI is InChI=1S/C6H11N3O2/c1-4(10-3)5-8-6(7-2)11-9-5/h4H,1-3H3,(H,7,8,9). The smallest absolute Gasteiger partial charge is 0.321 e. The fraction of sp³-hybridized carbons (Fsp3) is 0.667. The number of hydrogen-bond acceptors (Lipinski definition) is 5. The lowest BCUT2D eigenvalue weighted by Crippen LogP contribution is -1.98. The van der Waals surface area contributed by atoms with Crippen molar-refractivity contribution in [3.8, 4) is 0 Å². The van der Waals surface area contributed by atoms with Gasteiger partial charge in [0.25, 0.3) is 0 Å². The van der Waals surface area contributed by atoms with E-state index in [2.05, 4.69) is 15.5 Å². The van der Waals surface area contributed by atoms with E-state index in [9.17, 15) is 0 Å². The Morgan fingerprint density at radius 3 is 2.82 bits per heavy atom. The van der Waals surface area contributed by atoms with Gasteiger partial charge in [-0.2, -0.15) is 4.98 Å². The molecule has 1 heterocycles. The second kappa shape index (κ2) is 3.34. The summed E-state index contributed by atoms with van der Waals surface area (Å²) < 4.78 is 9.77. The molecule has 0 amide bonds. The Bertz CT molecular complexity index is 223. The molecule has 62 valence electrons. The summed E-state index contributed by atoms with van der Waals surface area (Å²) in [5, 5.41) is 6.41. The summed E-state index contributed by atoms with van der Waals surface area (Å²) in [5.41, 5.74) is 0. The molecule has 1 aromatic heterocycles. The maximum Gasteiger partial charge on any atom is 0.321 e. The fourth-order valence-corrected chi connectivity index (χ4v) is 0.607. The first kappa shape index (κ1) is 8.00. The molecule has 0 bridgehead atoms. The van der Waals surface area contributed by atoms with Gasteiger partial charge in [-0.15, -0.1) is 0 Å². The van der Waals surface area contributed by atoms with Crippen LogP contribution in [0.4, 0.5) is 6.01 Å². The second-order valence-corrected chi connectivity index (χ2v) is 2.09. The third kappa shape index (κ3) is 1.68. The number of rotatable bonds is 3. The molecule has 1 N–H and O–H groups in total. The zero-order valence-electron chi connectivity index (χ0n) is 6.79. The monoisotopic (exact) mass is 157 g/mol. The van der Waals surface area contributed by atoms with E-state index in [0.29, 0.717) is 11.8 Å². The molecule has 0 spiro atoms. The first-order valence-corrected chi connectivity index (χ1v) is 3.32. The Kier molecular flexibility index (Phi) is 2.43. The molecule has 0 radical (unpaired) electrons. The fourth-order valence-electron chi connectivity index (χ4n) is 0.607. The van der Waals surface area contributed by atoms with E-state index in [-0.39, 0.29) is 6.10 Å². The quantitative estimate of drug-likeness (QED) is 0.703. The number of nitrogens with one attached hydrogen (secondary N) is 1. The highest BCUT2D eigenvalue weighted by molar-refractivity contribution is 5.16. The first-order chi connectivity index (χ1) is 5.27. The van der Waals surface area contributed by atoms with Gasteiger partial charge in [0.2, 0.25) is 5.82 Å². The highest BCUT2D eigenvalue weighted by atomic mass is 16.5. The van der Waals surface area contributed by atoms with Crippen LogP contribution in [0.3, 0.4) is 0 Å². The van der Waals surface area contributed by atoms with Crippen LogP contribution in [-0.2, 0) is 4.74 Å². The Labute approximate surface area is 64.7 Å². The van der Waals surface area contributed by atoms with Gasteiger partial charge in [-0.1, -0.05) is 5.16 Å². The number of aromatic nitrogens is 2. The average molecular weight is 157 g/mol. The molecular weight excluding hydrogens is 146 g/mol. The van der Waals surface area contributed by atoms with Crippen molar-refractivity contribution < 1.29 is 9.26 Å². The van der Waals surface area contributed by atoms with Crippen molar-refractivity contribution in [1.29, 1.82) is 0 Å². The average Bonchev–Trinajstić information content (AvgIpc) is 2.50. The van der Waals surface area contributed by atoms with Crippen molar-refractivity contribution in [2.24, 2.45) is 0 Å². The number of ether oxygens (including phenoxy) is 1. The number of hydrogen-bond donors (Lipinski definition) is 1. The highest BCUT2D eigenvalue weighted by Gasteiger charge is 2.10. The summed E-state index contributed by atoms with van der Waals surface area (Å²) in [6, 6.07) is 0.406. The lowest BCUT2D eigenvalue weighted by molar-refractivity contribution is 0.109. The molecule has 0 aliphatic rings. The summed E-state index contributed by atoms with van der Waals surface area (Å²) in [6.45, 7) is 1.85. The lowest BCUT2D eigenvalue weighted by atomic mass is 10.4. The van der Waals surface area contributed by atoms with Crippen LogP contribution in [0.25, 0.3) is 0 Å². The molecule has 1 atom stereocenters. The summed E-state index contributed by atoms with van der Waals surface area (Å²) in [5.74, 6) is 0.553. The SMILES string of the molecule is CNc1nc(C(C)OC)no1. The summed E-state index contributed by atoms with van der Waals surface area (Å²) in [4.78, 5) is 3.99. The molecule has 1 rings (SSSR count). The molecule has 1 unspecified atom stereocenters. The van der Waals surface area contributed by atoms with Gasteiger partial charge in [-0.3, -0.25) is 0 Å². The maximum atomic E-state index is 4.98. The van der Waals surface area contributed by atoms with Crippen molar-refractivity contribution in [3.05, 3.63) is 5.82 Å². The molecule has 0 saturated carbocycles. The van der Waals surface area contributed by atoms with Crippen molar-refractivity contribution in [3.63, 3.8) is 0 Å². The van der Waals surface area contributed by atoms with Crippen molar-refractivity contribution in [2.45, 2.75) is 13.0 Å². The van der Waals surface area contributed by atoms with E-state index >= 15 is 0 Å². The van der Waals surface area contributed by atoms with Gasteiger partial charge in [0.1, 0.15) is 6.10 Å². The van der Waals surface area contributed by atoms with Gasteiger partial charge in [0, 0.05) is 14.2 Å². The van der Waals surface area contributed by atoms with Crippen LogP contribution in [0.1, 0.15) is 18.9 Å². The van der Waals surface area contributed by atoms with Crippen LogP contribution in [0.2, 0.25) is 0 Å². The molecule has 0 aromatic carbocycles. The molecule has 0 aliphatic carbocycles. The molecule has 0 saturated heterocycles. The van der Waals surface area contributed by atoms with Crippen molar-refractivity contribution >= 4 is 6.01 Å². The lowest BCUT2D eigenvalue weighted by Gasteiger charge is -2.00. The van der Waals surface area contributed by atoms with Crippen LogP contribution in [0.15, 0.2) is 4.52 Å². The third-order valence-electron chi connectivity index (χ3n) is 1.37. The minimum atomic E-state index is -0.124. The zero-order chi connectivity index (χ0) is 8.27. The van der Waals surface area contributed by atoms with E-state index in [0.717, 1.165) is 0 Å². The number of anilines is 1. The topological polar surface area (TPSA) is 60.2 Å². The van der Waals surface area contributed by atoms with Crippen molar-refractivity contribution in [1.82, 2.24) is 10.1 Å². The van der Waals surface area contributed by atoms with Gasteiger partial charge in [-0.25, -0.2) is 0 Å². The highest BCUT2D eigenvalue weighted by Crippen LogP contribution is 2.12. The minimum Gasteiger partial charge on any atom is -0.374 e. The van der Waals surface area contributed by atoms with E-state index in [1.807, 2.05) is 6.92 Å². The molecule has 11 heavy (non-hydrogen) atoms. The van der Waals surface area contributed by atoms with Crippen LogP contribution in [0, 0.1) is 0 Å². The Balaban J connectivity index is 2.71. The van der Waals surface area contributed by atoms with Crippen LogP contribution in [-0.4, -0.2) is 24.3 Å². The largest absolute Gasteiger partial charge is 0.374 e. The van der Waals surface area contributed by atoms with E-state index < -0.39 is 0 Å². The van der Waals surface area contributed by atoms with Crippen LogP contribution < -0.4 is 5.32 Å². The van der Waals surface area contributed by atoms with E-state index in [4.69, 9.17) is 9.26 Å². The maximum absolute atomic E-state index is 4.98. The van der Waals surface area contributed by atoms with Gasteiger partial charge < -0.3 is 14.6 Å². The first-order valence-electron chi connectivity index (χ1n) is 3.32. The normalized spacial score (nSPS) is 13.0. The molecule has 0 aliphatic heterocycles. The van der Waals surface area contributed by atoms with Gasteiger partial charge in [0.05, 0.1) is 0 Å². The number of nitrogens with zero attached hydrogens (tertiary/aromatic N) is 2. The Morgan fingerprint density at radius 2 is 2.36 bits per heavy atom. The van der Waals surface area contributed by atoms with E-state index in [1.54, 1.807) is 14.2 Å². The van der Waals surface area contributed by atoms with Crippen LogP contribution >= 0.6 is 0 Å². The predicted octanol–water partition coefficient (Wildman–Crippen LogP) is 0.819. The molecule has 1 aromatic rings. The van der Waals surface area contributed by atoms with E-state index in [1.165, 1.54) is 0 Å². The molecule has 0 fully saturated rings. The summed E-state index contributed by atoms with van der Waals surface area (Å²) in [6.07, 6.45) is -0.124. The zero-order valence-corrected chi connectivity index (χ0v) is 6.79. The molecular formula is C6H11N3O2. The van der Waals surface area contributed by atoms with Gasteiger partial charge in [-0.05, 0) is 6.92 Å².